The van der Waals surface area contributed by atoms with Crippen LogP contribution in [0.2, 0.25) is 0 Å². The minimum Gasteiger partial charge on any atom is -0.354 e. The fourth-order valence-corrected chi connectivity index (χ4v) is 6.02. The predicted molar refractivity (Wildman–Crippen MR) is 149 cm³/mol. The van der Waals surface area contributed by atoms with E-state index < -0.39 is 16.1 Å². The van der Waals surface area contributed by atoms with Crippen LogP contribution in [0.15, 0.2) is 65.1 Å². The normalized spacial score (nSPS) is 16.3. The molecule has 2 amide bonds. The van der Waals surface area contributed by atoms with Gasteiger partial charge in [0.2, 0.25) is 21.8 Å². The number of amides is 2. The largest absolute Gasteiger partial charge is 0.354 e. The number of aryl methyl sites for hydroxylation is 1. The zero-order chi connectivity index (χ0) is 27.8. The number of sulfonamides is 1. The number of nitrogens with zero attached hydrogens (tertiary/aromatic N) is 1. The molecule has 0 heterocycles. The Hall–Kier alpha value is -3.04. The lowest BCUT2D eigenvalue weighted by atomic mass is 9.97. The maximum Gasteiger partial charge on any atom is 0.242 e. The first-order chi connectivity index (χ1) is 18.7. The van der Waals surface area contributed by atoms with Gasteiger partial charge in [-0.25, -0.2) is 17.5 Å². The Kier molecular flexibility index (Phi) is 9.91. The molecule has 210 valence electrons. The molecule has 2 aliphatic carbocycles. The molecule has 2 aromatic carbocycles. The number of hydrogen-bond acceptors (Lipinski definition) is 4. The molecule has 1 fully saturated rings. The third kappa shape index (κ3) is 8.73. The fourth-order valence-electron chi connectivity index (χ4n) is 4.71. The van der Waals surface area contributed by atoms with E-state index in [9.17, 15) is 22.4 Å². The first-order valence-electron chi connectivity index (χ1n) is 13.8. The van der Waals surface area contributed by atoms with E-state index in [4.69, 9.17) is 0 Å². The van der Waals surface area contributed by atoms with Crippen LogP contribution in [0.3, 0.4) is 0 Å². The van der Waals surface area contributed by atoms with Crippen LogP contribution in [0.1, 0.15) is 69.4 Å². The average Bonchev–Trinajstić information content (AvgIpc) is 3.75. The smallest absolute Gasteiger partial charge is 0.242 e. The molecular formula is C30H38FN3O4S. The lowest BCUT2D eigenvalue weighted by molar-refractivity contribution is -0.140. The summed E-state index contributed by atoms with van der Waals surface area (Å²) in [6.07, 6.45) is 9.92. The van der Waals surface area contributed by atoms with Crippen LogP contribution in [0, 0.1) is 5.82 Å². The molecule has 7 nitrogen and oxygen atoms in total. The predicted octanol–water partition coefficient (Wildman–Crippen LogP) is 4.62. The van der Waals surface area contributed by atoms with E-state index in [1.807, 2.05) is 0 Å². The number of hydrogen-bond donors (Lipinski definition) is 2. The molecule has 0 bridgehead atoms. The van der Waals surface area contributed by atoms with Crippen molar-refractivity contribution in [1.29, 1.82) is 0 Å². The van der Waals surface area contributed by atoms with E-state index >= 15 is 0 Å². The number of nitrogens with one attached hydrogen (secondary N) is 2. The monoisotopic (exact) mass is 555 g/mol. The highest BCUT2D eigenvalue weighted by molar-refractivity contribution is 7.89. The lowest BCUT2D eigenvalue weighted by Crippen LogP contribution is -2.47. The molecule has 2 aliphatic rings. The van der Waals surface area contributed by atoms with Crippen molar-refractivity contribution in [3.05, 3.63) is 77.1 Å². The highest BCUT2D eigenvalue weighted by Gasteiger charge is 2.28. The number of rotatable bonds is 13. The highest BCUT2D eigenvalue weighted by atomic mass is 32.2. The molecule has 9 heteroatoms. The van der Waals surface area contributed by atoms with E-state index in [2.05, 4.69) is 16.1 Å². The van der Waals surface area contributed by atoms with Crippen molar-refractivity contribution in [2.24, 2.45) is 0 Å². The number of carbonyl (C=O) groups excluding carboxylic acids is 2. The molecule has 0 spiro atoms. The van der Waals surface area contributed by atoms with Gasteiger partial charge in [0.25, 0.3) is 0 Å². The number of allylic oxidation sites excluding steroid dienone is 1. The minimum absolute atomic E-state index is 0.0305. The zero-order valence-corrected chi connectivity index (χ0v) is 23.3. The summed E-state index contributed by atoms with van der Waals surface area (Å²) in [7, 11) is -3.53. The fraction of sp³-hybridized carbons (Fsp3) is 0.467. The second kappa shape index (κ2) is 13.3. The summed E-state index contributed by atoms with van der Waals surface area (Å²) in [5, 5.41) is 2.98. The average molecular weight is 556 g/mol. The second-order valence-corrected chi connectivity index (χ2v) is 12.2. The van der Waals surface area contributed by atoms with Gasteiger partial charge in [0.05, 0.1) is 4.90 Å². The molecule has 0 aliphatic heterocycles. The summed E-state index contributed by atoms with van der Waals surface area (Å²) in [6, 6.07) is 11.8. The second-order valence-electron chi connectivity index (χ2n) is 10.5. The van der Waals surface area contributed by atoms with Crippen LogP contribution < -0.4 is 10.0 Å². The third-order valence-electron chi connectivity index (χ3n) is 7.32. The molecule has 1 atom stereocenters. The molecule has 0 unspecified atom stereocenters. The standard InChI is InChI=1S/C30H38FN3O4S/c1-22(30(36)32-20-19-23-5-3-2-4-6-23)34(21-25-7-12-26(31)13-8-25)29(35)18-11-24-9-16-28(17-10-24)39(37,38)33-27-14-15-27/h5,7-10,12-13,16-17,22,27,33H,2-4,6,11,14-15,18-21H2,1H3,(H,32,36)/t22-/m0/s1. The molecule has 2 N–H and O–H groups in total. The summed E-state index contributed by atoms with van der Waals surface area (Å²) in [5.41, 5.74) is 2.93. The van der Waals surface area contributed by atoms with Crippen molar-refractivity contribution < 1.29 is 22.4 Å². The summed E-state index contributed by atoms with van der Waals surface area (Å²) in [4.78, 5) is 28.1. The van der Waals surface area contributed by atoms with Crippen molar-refractivity contribution in [2.45, 2.75) is 88.2 Å². The Bertz CT molecular complexity index is 1270. The van der Waals surface area contributed by atoms with Crippen molar-refractivity contribution in [2.75, 3.05) is 6.54 Å². The molecule has 1 saturated carbocycles. The van der Waals surface area contributed by atoms with Crippen LogP contribution in [0.25, 0.3) is 0 Å². The molecule has 0 saturated heterocycles. The van der Waals surface area contributed by atoms with Crippen molar-refractivity contribution in [3.63, 3.8) is 0 Å². The van der Waals surface area contributed by atoms with E-state index in [-0.39, 0.29) is 41.5 Å². The van der Waals surface area contributed by atoms with E-state index in [0.717, 1.165) is 43.2 Å². The third-order valence-corrected chi connectivity index (χ3v) is 8.86. The van der Waals surface area contributed by atoms with Crippen LogP contribution in [-0.4, -0.2) is 43.8 Å². The van der Waals surface area contributed by atoms with Gasteiger partial charge >= 0.3 is 0 Å². The molecule has 4 rings (SSSR count). The maximum atomic E-state index is 13.4. The quantitative estimate of drug-likeness (QED) is 0.353. The van der Waals surface area contributed by atoms with E-state index in [1.54, 1.807) is 43.3 Å². The van der Waals surface area contributed by atoms with Crippen molar-refractivity contribution in [1.82, 2.24) is 14.9 Å². The SMILES string of the molecule is C[C@@H](C(=O)NCCC1=CCCCC1)N(Cc1ccc(F)cc1)C(=O)CCc1ccc(S(=O)(=O)NC2CC2)cc1. The Balaban J connectivity index is 1.37. The number of halogens is 1. The lowest BCUT2D eigenvalue weighted by Gasteiger charge is -2.29. The van der Waals surface area contributed by atoms with Gasteiger partial charge in [-0.2, -0.15) is 0 Å². The Morgan fingerprint density at radius 2 is 1.69 bits per heavy atom. The van der Waals surface area contributed by atoms with Gasteiger partial charge in [-0.15, -0.1) is 0 Å². The first kappa shape index (κ1) is 29.0. The van der Waals surface area contributed by atoms with Crippen LogP contribution >= 0.6 is 0 Å². The molecule has 0 radical (unpaired) electrons. The van der Waals surface area contributed by atoms with Gasteiger partial charge in [-0.1, -0.05) is 35.9 Å². The number of benzene rings is 2. The van der Waals surface area contributed by atoms with Crippen molar-refractivity contribution in [3.8, 4) is 0 Å². The maximum absolute atomic E-state index is 13.4. The summed E-state index contributed by atoms with van der Waals surface area (Å²) < 4.78 is 40.9. The van der Waals surface area contributed by atoms with Gasteiger partial charge in [-0.3, -0.25) is 9.59 Å². The molecular weight excluding hydrogens is 517 g/mol. The Labute approximate surface area is 230 Å². The van der Waals surface area contributed by atoms with Crippen LogP contribution in [0.5, 0.6) is 0 Å². The minimum atomic E-state index is -3.53. The number of carbonyl (C=O) groups is 2. The van der Waals surface area contributed by atoms with Gasteiger partial charge in [0.1, 0.15) is 11.9 Å². The van der Waals surface area contributed by atoms with Crippen LogP contribution in [-0.2, 0) is 32.6 Å². The van der Waals surface area contributed by atoms with Gasteiger partial charge in [-0.05, 0) is 93.7 Å². The van der Waals surface area contributed by atoms with E-state index in [0.29, 0.717) is 13.0 Å². The highest BCUT2D eigenvalue weighted by Crippen LogP contribution is 2.23. The summed E-state index contributed by atoms with van der Waals surface area (Å²) in [5.74, 6) is -0.791. The Morgan fingerprint density at radius 1 is 1.00 bits per heavy atom. The first-order valence-corrected chi connectivity index (χ1v) is 15.3. The van der Waals surface area contributed by atoms with Crippen molar-refractivity contribution >= 4 is 21.8 Å². The van der Waals surface area contributed by atoms with Gasteiger partial charge in [0, 0.05) is 25.6 Å². The Morgan fingerprint density at radius 3 is 2.33 bits per heavy atom. The van der Waals surface area contributed by atoms with Gasteiger partial charge in [0.15, 0.2) is 0 Å². The summed E-state index contributed by atoms with van der Waals surface area (Å²) in [6.45, 7) is 2.42. The molecule has 2 aromatic rings. The van der Waals surface area contributed by atoms with E-state index in [1.165, 1.54) is 35.4 Å². The van der Waals surface area contributed by atoms with Gasteiger partial charge < -0.3 is 10.2 Å². The van der Waals surface area contributed by atoms with Crippen LogP contribution in [0.4, 0.5) is 4.39 Å². The summed E-state index contributed by atoms with van der Waals surface area (Å²) >= 11 is 0. The molecule has 0 aromatic heterocycles. The topological polar surface area (TPSA) is 95.6 Å². The zero-order valence-electron chi connectivity index (χ0n) is 22.5. The molecule has 39 heavy (non-hydrogen) atoms.